The van der Waals surface area contributed by atoms with Gasteiger partial charge in [0.2, 0.25) is 0 Å². The second-order valence-electron chi connectivity index (χ2n) is 15.7. The summed E-state index contributed by atoms with van der Waals surface area (Å²) in [6, 6.07) is 23.7. The second-order valence-corrected chi connectivity index (χ2v) is 26.3. The number of aromatic nitrogens is 1. The molecule has 0 aliphatic carbocycles. The standard InChI is InChI=1S/C28H29FGeN.C15H28O2.Ir/c1-28(2,3)25-16-21(15-19-9-7-8-10-23(19)25)27-17-20(13-14-31-27)24-12-11-22(18-26(24)29)30(4,5)6;1-7-14(5,8-2)12(16)11-13(17)15(6,9-3)10-4;/h7-14,16-18H,1-6H3;11,16H,7-10H2,1-6H3;/q-1;;/b;12-11-;. The number of hydrogen-bond acceptors (Lipinski definition) is 3. The van der Waals surface area contributed by atoms with Crippen LogP contribution in [0.4, 0.5) is 4.39 Å². The van der Waals surface area contributed by atoms with Gasteiger partial charge in [0.05, 0.1) is 0 Å². The van der Waals surface area contributed by atoms with E-state index in [1.165, 1.54) is 21.4 Å². The van der Waals surface area contributed by atoms with Crippen LogP contribution in [0, 0.1) is 22.7 Å². The van der Waals surface area contributed by atoms with Gasteiger partial charge in [0.1, 0.15) is 5.76 Å². The molecule has 0 amide bonds. The molecule has 1 N–H and O–H groups in total. The number of aliphatic hydroxyl groups is 1. The third-order valence-corrected chi connectivity index (χ3v) is 14.7. The van der Waals surface area contributed by atoms with Gasteiger partial charge >= 0.3 is 182 Å². The van der Waals surface area contributed by atoms with Gasteiger partial charge in [-0.25, -0.2) is 0 Å². The maximum atomic E-state index is 15.0. The van der Waals surface area contributed by atoms with E-state index < -0.39 is 13.3 Å². The van der Waals surface area contributed by atoms with Gasteiger partial charge in [-0.1, -0.05) is 47.6 Å². The molecule has 0 fully saturated rings. The van der Waals surface area contributed by atoms with Gasteiger partial charge in [-0.3, -0.25) is 4.79 Å². The summed E-state index contributed by atoms with van der Waals surface area (Å²) in [5, 5.41) is 12.4. The molecule has 3 nitrogen and oxygen atoms in total. The first-order valence-corrected chi connectivity index (χ1v) is 24.9. The Labute approximate surface area is 311 Å². The monoisotopic (exact) mass is 905 g/mol. The Balaban J connectivity index is 0.000000398. The molecule has 267 valence electrons. The van der Waals surface area contributed by atoms with Gasteiger partial charge in [0, 0.05) is 37.0 Å². The zero-order valence-electron chi connectivity index (χ0n) is 31.8. The van der Waals surface area contributed by atoms with Crippen molar-refractivity contribution in [2.45, 2.75) is 111 Å². The van der Waals surface area contributed by atoms with Crippen molar-refractivity contribution in [1.82, 2.24) is 4.98 Å². The number of fused-ring (bicyclic) bond motifs is 1. The Morgan fingerprint density at radius 3 is 1.98 bits per heavy atom. The number of rotatable bonds is 10. The summed E-state index contributed by atoms with van der Waals surface area (Å²) in [7, 11) is 0. The summed E-state index contributed by atoms with van der Waals surface area (Å²) >= 11 is -2.07. The summed E-state index contributed by atoms with van der Waals surface area (Å²) in [6.45, 7) is 18.7. The van der Waals surface area contributed by atoms with Crippen LogP contribution < -0.4 is 4.40 Å². The van der Waals surface area contributed by atoms with Crippen LogP contribution in [0.2, 0.25) is 17.3 Å². The number of halogens is 1. The van der Waals surface area contributed by atoms with Gasteiger partial charge in [-0.05, 0) is 25.7 Å². The van der Waals surface area contributed by atoms with E-state index in [9.17, 15) is 9.90 Å². The molecule has 4 rings (SSSR count). The van der Waals surface area contributed by atoms with Crippen LogP contribution in [-0.2, 0) is 30.3 Å². The van der Waals surface area contributed by atoms with Crippen molar-refractivity contribution in [2.75, 3.05) is 0 Å². The van der Waals surface area contributed by atoms with E-state index in [0.717, 1.165) is 47.9 Å². The van der Waals surface area contributed by atoms with E-state index in [-0.39, 0.29) is 53.7 Å². The molecular weight excluding hydrogens is 846 g/mol. The van der Waals surface area contributed by atoms with Crippen LogP contribution in [0.3, 0.4) is 0 Å². The zero-order valence-corrected chi connectivity index (χ0v) is 36.3. The van der Waals surface area contributed by atoms with E-state index >= 15 is 4.39 Å². The number of nitrogens with zero attached hydrogens (tertiary/aromatic N) is 1. The van der Waals surface area contributed by atoms with E-state index in [2.05, 4.69) is 79.4 Å². The molecule has 1 heterocycles. The molecule has 0 atom stereocenters. The summed E-state index contributed by atoms with van der Waals surface area (Å²) in [4.78, 5) is 16.8. The van der Waals surface area contributed by atoms with E-state index in [1.807, 2.05) is 65.8 Å². The number of hydrogen-bond donors (Lipinski definition) is 1. The Morgan fingerprint density at radius 2 is 1.45 bits per heavy atom. The second kappa shape index (κ2) is 17.1. The smallest absolute Gasteiger partial charge is 0.164 e. The maximum Gasteiger partial charge on any atom is 0.164 e. The predicted octanol–water partition coefficient (Wildman–Crippen LogP) is 12.0. The molecule has 3 aromatic carbocycles. The van der Waals surface area contributed by atoms with Crippen molar-refractivity contribution in [2.24, 2.45) is 10.8 Å². The summed E-state index contributed by atoms with van der Waals surface area (Å²) in [5.74, 6) is 6.96. The number of allylic oxidation sites excluding steroid dienone is 2. The first kappa shape index (κ1) is 42.6. The van der Waals surface area contributed by atoms with Crippen LogP contribution >= 0.6 is 0 Å². The number of benzene rings is 3. The van der Waals surface area contributed by atoms with Crippen LogP contribution in [0.25, 0.3) is 33.2 Å². The molecular formula is C43H57FGeIrNO2-. The van der Waals surface area contributed by atoms with Gasteiger partial charge in [0.15, 0.2) is 5.78 Å². The van der Waals surface area contributed by atoms with Crippen LogP contribution in [0.1, 0.15) is 93.6 Å². The fourth-order valence-electron chi connectivity index (χ4n) is 5.63. The normalized spacial score (nSPS) is 12.6. The SMILES string of the molecule is CC(C)(C)c1cc(-c2cc(-c3cc[c]([Ge]([CH3])([CH3])[CH3])cc3F)ccn2)[c-]c2ccccc12.CCC(C)(CC)C(=O)/C=C(\O)C(C)(CC)CC.[Ir]. The summed E-state index contributed by atoms with van der Waals surface area (Å²) in [6.07, 6.45) is 6.52. The minimum absolute atomic E-state index is 0. The maximum absolute atomic E-state index is 15.0. The largest absolute Gasteiger partial charge is 0.512 e. The first-order chi connectivity index (χ1) is 22.3. The van der Waals surface area contributed by atoms with E-state index in [4.69, 9.17) is 0 Å². The van der Waals surface area contributed by atoms with Gasteiger partial charge in [0.25, 0.3) is 0 Å². The molecule has 4 aromatic rings. The van der Waals surface area contributed by atoms with Gasteiger partial charge < -0.3 is 5.11 Å². The summed E-state index contributed by atoms with van der Waals surface area (Å²) < 4.78 is 16.2. The van der Waals surface area contributed by atoms with Crippen molar-refractivity contribution in [3.63, 3.8) is 0 Å². The predicted molar refractivity (Wildman–Crippen MR) is 206 cm³/mol. The van der Waals surface area contributed by atoms with E-state index in [0.29, 0.717) is 5.56 Å². The van der Waals surface area contributed by atoms with Crippen molar-refractivity contribution in [3.05, 3.63) is 96.1 Å². The molecule has 0 saturated carbocycles. The van der Waals surface area contributed by atoms with E-state index in [1.54, 1.807) is 12.3 Å². The average molecular weight is 904 g/mol. The number of carbonyl (C=O) groups is 1. The molecule has 0 saturated heterocycles. The van der Waals surface area contributed by atoms with Crippen LogP contribution in [0.5, 0.6) is 0 Å². The summed E-state index contributed by atoms with van der Waals surface area (Å²) in [5.41, 5.74) is 3.86. The number of pyridine rings is 1. The average Bonchev–Trinajstić information content (AvgIpc) is 3.06. The Hall–Kier alpha value is -2.60. The molecule has 0 bridgehead atoms. The topological polar surface area (TPSA) is 50.2 Å². The Bertz CT molecular complexity index is 1760. The number of aliphatic hydroxyl groups excluding tert-OH is 1. The van der Waals surface area contributed by atoms with Crippen molar-refractivity contribution in [1.29, 1.82) is 0 Å². The molecule has 0 unspecified atom stereocenters. The van der Waals surface area contributed by atoms with Crippen LogP contribution in [0.15, 0.2) is 78.7 Å². The quantitative estimate of drug-likeness (QED) is 0.0747. The van der Waals surface area contributed by atoms with Crippen molar-refractivity contribution < 1.29 is 34.4 Å². The van der Waals surface area contributed by atoms with Crippen LogP contribution in [-0.4, -0.2) is 29.1 Å². The molecule has 49 heavy (non-hydrogen) atoms. The minimum atomic E-state index is -2.07. The van der Waals surface area contributed by atoms with Gasteiger partial charge in [-0.15, -0.1) is 0 Å². The van der Waals surface area contributed by atoms with Crippen molar-refractivity contribution in [3.8, 4) is 22.4 Å². The fourth-order valence-corrected chi connectivity index (χ4v) is 8.03. The first-order valence-electron chi connectivity index (χ1n) is 17.5. The molecule has 0 aliphatic heterocycles. The zero-order chi connectivity index (χ0) is 36.1. The number of ketones is 1. The van der Waals surface area contributed by atoms with Crippen molar-refractivity contribution >= 4 is 34.2 Å². The fraction of sp³-hybridized carbons (Fsp3) is 0.442. The van der Waals surface area contributed by atoms with Gasteiger partial charge in [-0.2, -0.15) is 0 Å². The molecule has 0 spiro atoms. The Kier molecular flexibility index (Phi) is 14.8. The minimum Gasteiger partial charge on any atom is -0.512 e. The molecule has 6 heteroatoms. The molecule has 1 aromatic heterocycles. The third kappa shape index (κ3) is 10.2. The molecule has 0 aliphatic rings. The molecule has 1 radical (unpaired) electrons. The third-order valence-electron chi connectivity index (χ3n) is 10.4. The number of carbonyl (C=O) groups excluding carboxylic acids is 1. The Morgan fingerprint density at radius 1 is 0.857 bits per heavy atom.